The van der Waals surface area contributed by atoms with Crippen LogP contribution in [0.1, 0.15) is 66.7 Å². The predicted octanol–water partition coefficient (Wildman–Crippen LogP) is 4.33. The monoisotopic (exact) mass is 327 g/mol. The molecule has 0 aliphatic rings. The summed E-state index contributed by atoms with van der Waals surface area (Å²) < 4.78 is 0. The fourth-order valence-electron chi connectivity index (χ4n) is 2.53. The molecule has 2 atom stereocenters. The van der Waals surface area contributed by atoms with E-state index in [1.165, 1.54) is 0 Å². The second-order valence-electron chi connectivity index (χ2n) is 5.89. The van der Waals surface area contributed by atoms with Crippen molar-refractivity contribution in [1.82, 2.24) is 5.48 Å². The third-order valence-corrected chi connectivity index (χ3v) is 4.00. The summed E-state index contributed by atoms with van der Waals surface area (Å²) in [6.45, 7) is 3.99. The maximum Gasteiger partial charge on any atom is 0.357 e. The van der Waals surface area contributed by atoms with Crippen LogP contribution >= 0.6 is 0 Å². The molecule has 0 aliphatic heterocycles. The SMILES string of the molecule is CCCC[C@@H](O)c1ccccc1C(=O)ON[C@H](C)c1ccccc1. The standard InChI is InChI=1S/C20H25NO3/c1-3-4-14-19(22)17-12-8-9-13-18(17)20(23)24-21-15(2)16-10-6-5-7-11-16/h5-13,15,19,21-22H,3-4,14H2,1-2H3/t15-,19-/m1/s1. The zero-order chi connectivity index (χ0) is 17.4. The molecule has 0 bridgehead atoms. The van der Waals surface area contributed by atoms with E-state index in [9.17, 15) is 9.90 Å². The zero-order valence-electron chi connectivity index (χ0n) is 14.2. The normalized spacial score (nSPS) is 13.3. The van der Waals surface area contributed by atoms with Gasteiger partial charge in [-0.3, -0.25) is 0 Å². The number of hydrogen-bond acceptors (Lipinski definition) is 4. The average molecular weight is 327 g/mol. The number of aliphatic hydroxyl groups excluding tert-OH is 1. The Morgan fingerprint density at radius 1 is 1.12 bits per heavy atom. The lowest BCUT2D eigenvalue weighted by molar-refractivity contribution is 0.0163. The first-order chi connectivity index (χ1) is 11.6. The topological polar surface area (TPSA) is 58.6 Å². The summed E-state index contributed by atoms with van der Waals surface area (Å²) in [6, 6.07) is 16.7. The lowest BCUT2D eigenvalue weighted by atomic mass is 9.99. The van der Waals surface area contributed by atoms with Crippen LogP contribution in [0.25, 0.3) is 0 Å². The Morgan fingerprint density at radius 3 is 2.50 bits per heavy atom. The van der Waals surface area contributed by atoms with Gasteiger partial charge in [0.1, 0.15) is 0 Å². The number of benzene rings is 2. The Labute approximate surface area is 143 Å². The maximum atomic E-state index is 12.4. The maximum absolute atomic E-state index is 12.4. The average Bonchev–Trinajstić information content (AvgIpc) is 2.64. The van der Waals surface area contributed by atoms with E-state index in [0.29, 0.717) is 17.5 Å². The molecule has 128 valence electrons. The number of carbonyl (C=O) groups excluding carboxylic acids is 1. The van der Waals surface area contributed by atoms with Crippen molar-refractivity contribution in [2.45, 2.75) is 45.3 Å². The highest BCUT2D eigenvalue weighted by Crippen LogP contribution is 2.23. The number of carbonyl (C=O) groups is 1. The largest absolute Gasteiger partial charge is 0.388 e. The molecule has 4 nitrogen and oxygen atoms in total. The molecule has 0 aliphatic carbocycles. The van der Waals surface area contributed by atoms with E-state index in [0.717, 1.165) is 18.4 Å². The summed E-state index contributed by atoms with van der Waals surface area (Å²) in [5.74, 6) is -0.482. The first-order valence-electron chi connectivity index (χ1n) is 8.42. The second kappa shape index (κ2) is 9.21. The molecule has 2 N–H and O–H groups in total. The van der Waals surface area contributed by atoms with Crippen LogP contribution in [-0.4, -0.2) is 11.1 Å². The highest BCUT2D eigenvalue weighted by Gasteiger charge is 2.19. The fourth-order valence-corrected chi connectivity index (χ4v) is 2.53. The van der Waals surface area contributed by atoms with Gasteiger partial charge < -0.3 is 9.94 Å². The minimum Gasteiger partial charge on any atom is -0.388 e. The molecule has 0 unspecified atom stereocenters. The van der Waals surface area contributed by atoms with Crippen molar-refractivity contribution >= 4 is 5.97 Å². The molecule has 0 radical (unpaired) electrons. The number of hydroxylamine groups is 1. The molecule has 24 heavy (non-hydrogen) atoms. The number of unbranched alkanes of at least 4 members (excludes halogenated alkanes) is 1. The fraction of sp³-hybridized carbons (Fsp3) is 0.350. The molecule has 0 heterocycles. The molecule has 2 aromatic rings. The molecular formula is C20H25NO3. The van der Waals surface area contributed by atoms with Crippen molar-refractivity contribution in [3.63, 3.8) is 0 Å². The van der Waals surface area contributed by atoms with Gasteiger partial charge in [-0.25, -0.2) is 4.79 Å². The number of nitrogens with one attached hydrogen (secondary N) is 1. The van der Waals surface area contributed by atoms with Crippen molar-refractivity contribution < 1.29 is 14.7 Å². The summed E-state index contributed by atoms with van der Waals surface area (Å²) >= 11 is 0. The lowest BCUT2D eigenvalue weighted by Crippen LogP contribution is -2.24. The van der Waals surface area contributed by atoms with Crippen LogP contribution in [0, 0.1) is 0 Å². The third-order valence-electron chi connectivity index (χ3n) is 4.00. The van der Waals surface area contributed by atoms with Crippen LogP contribution in [0.4, 0.5) is 0 Å². The quantitative estimate of drug-likeness (QED) is 0.708. The smallest absolute Gasteiger partial charge is 0.357 e. The Hall–Kier alpha value is -2.17. The summed E-state index contributed by atoms with van der Waals surface area (Å²) in [7, 11) is 0. The van der Waals surface area contributed by atoms with E-state index in [1.54, 1.807) is 18.2 Å². The first kappa shape index (κ1) is 18.2. The van der Waals surface area contributed by atoms with Crippen LogP contribution < -0.4 is 5.48 Å². The lowest BCUT2D eigenvalue weighted by Gasteiger charge is -2.17. The van der Waals surface area contributed by atoms with Gasteiger partial charge in [-0.2, -0.15) is 0 Å². The molecule has 2 aromatic carbocycles. The highest BCUT2D eigenvalue weighted by molar-refractivity contribution is 5.91. The highest BCUT2D eigenvalue weighted by atomic mass is 16.7. The minimum atomic E-state index is -0.653. The second-order valence-corrected chi connectivity index (χ2v) is 5.89. The van der Waals surface area contributed by atoms with Gasteiger partial charge in [0, 0.05) is 0 Å². The molecular weight excluding hydrogens is 302 g/mol. The van der Waals surface area contributed by atoms with E-state index >= 15 is 0 Å². The van der Waals surface area contributed by atoms with Gasteiger partial charge in [-0.05, 0) is 30.5 Å². The molecule has 0 saturated heterocycles. The summed E-state index contributed by atoms with van der Waals surface area (Å²) in [5.41, 5.74) is 4.82. The van der Waals surface area contributed by atoms with Crippen molar-refractivity contribution in [2.75, 3.05) is 0 Å². The molecule has 0 spiro atoms. The number of rotatable bonds is 8. The number of aliphatic hydroxyl groups is 1. The molecule has 0 saturated carbocycles. The van der Waals surface area contributed by atoms with Crippen molar-refractivity contribution in [1.29, 1.82) is 0 Å². The van der Waals surface area contributed by atoms with Gasteiger partial charge in [0.15, 0.2) is 0 Å². The van der Waals surface area contributed by atoms with Crippen LogP contribution in [0.3, 0.4) is 0 Å². The van der Waals surface area contributed by atoms with E-state index < -0.39 is 12.1 Å². The van der Waals surface area contributed by atoms with Crippen molar-refractivity contribution in [3.8, 4) is 0 Å². The molecule has 0 amide bonds. The predicted molar refractivity (Wildman–Crippen MR) is 94.3 cm³/mol. The molecule has 0 fully saturated rings. The van der Waals surface area contributed by atoms with E-state index in [1.807, 2.05) is 43.3 Å². The van der Waals surface area contributed by atoms with Crippen LogP contribution in [-0.2, 0) is 4.84 Å². The van der Waals surface area contributed by atoms with Crippen molar-refractivity contribution in [3.05, 3.63) is 71.3 Å². The summed E-state index contributed by atoms with van der Waals surface area (Å²) in [6.07, 6.45) is 1.89. The van der Waals surface area contributed by atoms with Crippen LogP contribution in [0.15, 0.2) is 54.6 Å². The number of hydrogen-bond donors (Lipinski definition) is 2. The molecule has 0 aromatic heterocycles. The van der Waals surface area contributed by atoms with Gasteiger partial charge in [0.05, 0.1) is 17.7 Å². The Balaban J connectivity index is 2.02. The first-order valence-corrected chi connectivity index (χ1v) is 8.42. The summed E-state index contributed by atoms with van der Waals surface area (Å²) in [4.78, 5) is 17.6. The third kappa shape index (κ3) is 4.91. The van der Waals surface area contributed by atoms with Gasteiger partial charge in [0.25, 0.3) is 0 Å². The zero-order valence-corrected chi connectivity index (χ0v) is 14.2. The Morgan fingerprint density at radius 2 is 1.79 bits per heavy atom. The van der Waals surface area contributed by atoms with E-state index in [2.05, 4.69) is 12.4 Å². The molecule has 4 heteroatoms. The Bertz CT molecular complexity index is 642. The minimum absolute atomic E-state index is 0.118. The molecule has 2 rings (SSSR count). The van der Waals surface area contributed by atoms with Gasteiger partial charge >= 0.3 is 5.97 Å². The van der Waals surface area contributed by atoms with Crippen LogP contribution in [0.2, 0.25) is 0 Å². The van der Waals surface area contributed by atoms with E-state index in [-0.39, 0.29) is 6.04 Å². The van der Waals surface area contributed by atoms with Gasteiger partial charge in [0.2, 0.25) is 0 Å². The van der Waals surface area contributed by atoms with Crippen molar-refractivity contribution in [2.24, 2.45) is 0 Å². The van der Waals surface area contributed by atoms with Crippen LogP contribution in [0.5, 0.6) is 0 Å². The van der Waals surface area contributed by atoms with Gasteiger partial charge in [-0.15, -0.1) is 5.48 Å². The summed E-state index contributed by atoms with van der Waals surface area (Å²) in [5, 5.41) is 10.3. The van der Waals surface area contributed by atoms with Gasteiger partial charge in [-0.1, -0.05) is 68.3 Å². The van der Waals surface area contributed by atoms with E-state index in [4.69, 9.17) is 4.84 Å². The Kier molecular flexibility index (Phi) is 6.97.